The van der Waals surface area contributed by atoms with E-state index >= 15 is 0 Å². The second kappa shape index (κ2) is 14.5. The summed E-state index contributed by atoms with van der Waals surface area (Å²) in [6, 6.07) is 28.7. The van der Waals surface area contributed by atoms with Crippen LogP contribution in [0.25, 0.3) is 0 Å². The quantitative estimate of drug-likeness (QED) is 0.233. The van der Waals surface area contributed by atoms with Crippen LogP contribution in [0.1, 0.15) is 61.4 Å². The van der Waals surface area contributed by atoms with Gasteiger partial charge >= 0.3 is 11.9 Å². The minimum atomic E-state index is -0.774. The summed E-state index contributed by atoms with van der Waals surface area (Å²) in [6.45, 7) is 8.74. The summed E-state index contributed by atoms with van der Waals surface area (Å²) < 4.78 is 11.3. The summed E-state index contributed by atoms with van der Waals surface area (Å²) in [5.41, 5.74) is 5.37. The topological polar surface area (TPSA) is 71.4 Å². The van der Waals surface area contributed by atoms with Gasteiger partial charge in [0.2, 0.25) is 0 Å². The zero-order valence-electron chi connectivity index (χ0n) is 26.5. The Morgan fingerprint density at radius 1 is 0.889 bits per heavy atom. The molecule has 2 aliphatic heterocycles. The van der Waals surface area contributed by atoms with Crippen molar-refractivity contribution >= 4 is 17.7 Å². The molecule has 45 heavy (non-hydrogen) atoms. The zero-order chi connectivity index (χ0) is 31.9. The Morgan fingerprint density at radius 3 is 2.13 bits per heavy atom. The monoisotopic (exact) mass is 603 g/mol. The van der Waals surface area contributed by atoms with Crippen molar-refractivity contribution in [3.8, 4) is 12.3 Å². The molecular weight excluding hydrogens is 562 g/mol. The molecule has 3 atom stereocenters. The van der Waals surface area contributed by atoms with Gasteiger partial charge < -0.3 is 9.47 Å². The van der Waals surface area contributed by atoms with Gasteiger partial charge in [-0.3, -0.25) is 19.6 Å². The second-order valence-electron chi connectivity index (χ2n) is 11.7. The molecule has 7 heteroatoms. The molecular formula is C38H41N3O4. The van der Waals surface area contributed by atoms with Gasteiger partial charge in [0.15, 0.2) is 6.23 Å². The lowest BCUT2D eigenvalue weighted by molar-refractivity contribution is -0.153. The summed E-state index contributed by atoms with van der Waals surface area (Å²) in [7, 11) is 1.35. The van der Waals surface area contributed by atoms with Crippen LogP contribution in [0.3, 0.4) is 0 Å². The molecule has 7 nitrogen and oxygen atoms in total. The minimum absolute atomic E-state index is 0.135. The van der Waals surface area contributed by atoms with E-state index in [1.807, 2.05) is 43.3 Å². The first-order valence-electron chi connectivity index (χ1n) is 15.5. The third-order valence-corrected chi connectivity index (χ3v) is 8.87. The highest BCUT2D eigenvalue weighted by Crippen LogP contribution is 2.40. The van der Waals surface area contributed by atoms with Crippen molar-refractivity contribution in [3.63, 3.8) is 0 Å². The van der Waals surface area contributed by atoms with Crippen molar-refractivity contribution in [2.45, 2.75) is 45.4 Å². The van der Waals surface area contributed by atoms with Gasteiger partial charge in [0.25, 0.3) is 0 Å². The van der Waals surface area contributed by atoms with Gasteiger partial charge in [-0.2, -0.15) is 0 Å². The van der Waals surface area contributed by atoms with Crippen LogP contribution in [0.2, 0.25) is 0 Å². The maximum Gasteiger partial charge on any atom is 0.338 e. The Balaban J connectivity index is 1.36. The normalized spacial score (nSPS) is 20.1. The van der Waals surface area contributed by atoms with E-state index in [0.29, 0.717) is 22.5 Å². The Kier molecular flexibility index (Phi) is 10.3. The lowest BCUT2D eigenvalue weighted by Crippen LogP contribution is -2.41. The average molecular weight is 604 g/mol. The molecule has 2 aliphatic rings. The molecule has 0 N–H and O–H groups in total. The Hall–Kier alpha value is -4.51. The van der Waals surface area contributed by atoms with Crippen molar-refractivity contribution in [1.82, 2.24) is 9.80 Å². The molecule has 232 valence electrons. The number of esters is 2. The van der Waals surface area contributed by atoms with E-state index < -0.39 is 30.0 Å². The maximum absolute atomic E-state index is 14.0. The van der Waals surface area contributed by atoms with E-state index in [1.54, 1.807) is 13.8 Å². The van der Waals surface area contributed by atoms with Crippen molar-refractivity contribution in [2.24, 2.45) is 10.9 Å². The number of terminal acetylenes is 1. The van der Waals surface area contributed by atoms with E-state index in [4.69, 9.17) is 15.9 Å². The number of carbonyl (C=O) groups is 2. The van der Waals surface area contributed by atoms with E-state index in [2.05, 4.69) is 69.2 Å². The number of nitrogens with zero attached hydrogens (tertiary/aromatic N) is 3. The molecule has 0 bridgehead atoms. The number of aliphatic imine (C=N–C) groups is 1. The van der Waals surface area contributed by atoms with E-state index in [1.165, 1.54) is 18.2 Å². The number of benzene rings is 3. The highest BCUT2D eigenvalue weighted by Gasteiger charge is 2.43. The number of ether oxygens (including phenoxy) is 2. The largest absolute Gasteiger partial charge is 0.468 e. The molecule has 3 unspecified atom stereocenters. The Labute approximate surface area is 266 Å². The van der Waals surface area contributed by atoms with Crippen LogP contribution >= 0.6 is 0 Å². The number of carbonyl (C=O) groups excluding carboxylic acids is 2. The first-order valence-corrected chi connectivity index (χ1v) is 15.5. The first kappa shape index (κ1) is 31.9. The summed E-state index contributed by atoms with van der Waals surface area (Å²) in [5.74, 6) is 0.290. The van der Waals surface area contributed by atoms with Gasteiger partial charge in [-0.1, -0.05) is 78.7 Å². The molecule has 3 aromatic rings. The SMILES string of the molecule is C#Cc1cccc(C2C(C(=O)OC(C)N3CCCN(C(c4ccccc4)c4ccccc4)CC3)=C(C)N=C(C)C2C(=O)OC)c1. The van der Waals surface area contributed by atoms with Crippen molar-refractivity contribution in [1.29, 1.82) is 0 Å². The summed E-state index contributed by atoms with van der Waals surface area (Å²) in [4.78, 5) is 36.4. The number of hydrogen-bond acceptors (Lipinski definition) is 7. The second-order valence-corrected chi connectivity index (χ2v) is 11.7. The Morgan fingerprint density at radius 2 is 1.51 bits per heavy atom. The third-order valence-electron chi connectivity index (χ3n) is 8.87. The van der Waals surface area contributed by atoms with Gasteiger partial charge in [0.1, 0.15) is 5.92 Å². The third kappa shape index (κ3) is 7.09. The zero-order valence-corrected chi connectivity index (χ0v) is 26.5. The predicted molar refractivity (Wildman–Crippen MR) is 176 cm³/mol. The predicted octanol–water partition coefficient (Wildman–Crippen LogP) is 5.98. The van der Waals surface area contributed by atoms with E-state index in [0.717, 1.165) is 38.2 Å². The van der Waals surface area contributed by atoms with Crippen LogP contribution < -0.4 is 0 Å². The lowest BCUT2D eigenvalue weighted by Gasteiger charge is -2.34. The number of hydrogen-bond donors (Lipinski definition) is 0. The standard InChI is InChI=1S/C38H41N3O4/c1-6-29-15-13-20-32(25-29)35-33(37(42)44-5)26(2)39-27(3)34(35)38(43)45-28(4)40-21-14-22-41(24-23-40)36(30-16-9-7-10-17-30)31-18-11-8-12-19-31/h1,7-13,15-20,25,28,33,35-36H,14,21-24H2,2-5H3. The lowest BCUT2D eigenvalue weighted by atomic mass is 9.75. The molecule has 2 heterocycles. The Bertz CT molecular complexity index is 1570. The molecule has 1 saturated heterocycles. The molecule has 0 radical (unpaired) electrons. The number of allylic oxidation sites excluding steroid dienone is 1. The van der Waals surface area contributed by atoms with Crippen molar-refractivity contribution in [3.05, 3.63) is 118 Å². The molecule has 0 amide bonds. The van der Waals surface area contributed by atoms with Gasteiger partial charge in [-0.05, 0) is 56.0 Å². The molecule has 0 aliphatic carbocycles. The van der Waals surface area contributed by atoms with Gasteiger partial charge in [0.05, 0.1) is 18.7 Å². The number of methoxy groups -OCH3 is 1. The van der Waals surface area contributed by atoms with Crippen LogP contribution in [0.4, 0.5) is 0 Å². The summed E-state index contributed by atoms with van der Waals surface area (Å²) >= 11 is 0. The van der Waals surface area contributed by atoms with Gasteiger partial charge in [0, 0.05) is 49.1 Å². The van der Waals surface area contributed by atoms with Crippen LogP contribution in [0.15, 0.2) is 101 Å². The van der Waals surface area contributed by atoms with Gasteiger partial charge in [-0.25, -0.2) is 4.79 Å². The summed E-state index contributed by atoms with van der Waals surface area (Å²) in [6.07, 6.45) is 6.14. The average Bonchev–Trinajstić information content (AvgIpc) is 3.31. The van der Waals surface area contributed by atoms with E-state index in [9.17, 15) is 9.59 Å². The number of rotatable bonds is 8. The van der Waals surface area contributed by atoms with Gasteiger partial charge in [-0.15, -0.1) is 6.42 Å². The van der Waals surface area contributed by atoms with E-state index in [-0.39, 0.29) is 6.04 Å². The fourth-order valence-electron chi connectivity index (χ4n) is 6.67. The summed E-state index contributed by atoms with van der Waals surface area (Å²) in [5, 5.41) is 0. The van der Waals surface area contributed by atoms with Crippen molar-refractivity contribution in [2.75, 3.05) is 33.3 Å². The molecule has 3 aromatic carbocycles. The first-order chi connectivity index (χ1) is 21.8. The maximum atomic E-state index is 14.0. The molecule has 0 saturated carbocycles. The highest BCUT2D eigenvalue weighted by molar-refractivity contribution is 6.07. The van der Waals surface area contributed by atoms with Crippen LogP contribution in [-0.2, 0) is 19.1 Å². The highest BCUT2D eigenvalue weighted by atomic mass is 16.6. The van der Waals surface area contributed by atoms with Crippen LogP contribution in [0, 0.1) is 18.3 Å². The molecule has 0 spiro atoms. The molecule has 0 aromatic heterocycles. The molecule has 5 rings (SSSR count). The fraction of sp³-hybridized carbons (Fsp3) is 0.342. The fourth-order valence-corrected chi connectivity index (χ4v) is 6.67. The smallest absolute Gasteiger partial charge is 0.338 e. The minimum Gasteiger partial charge on any atom is -0.468 e. The van der Waals surface area contributed by atoms with Crippen LogP contribution in [-0.4, -0.2) is 67.0 Å². The van der Waals surface area contributed by atoms with Crippen molar-refractivity contribution < 1.29 is 19.1 Å². The molecule has 1 fully saturated rings. The van der Waals surface area contributed by atoms with Crippen LogP contribution in [0.5, 0.6) is 0 Å².